The Morgan fingerprint density at radius 1 is 0.895 bits per heavy atom. The van der Waals surface area contributed by atoms with Gasteiger partial charge in [0.1, 0.15) is 0 Å². The molecule has 2 heteroatoms. The lowest BCUT2D eigenvalue weighted by molar-refractivity contribution is 0.916. The molecule has 2 aromatic rings. The van der Waals surface area contributed by atoms with Crippen molar-refractivity contribution in [3.8, 4) is 0 Å². The molecule has 0 atom stereocenters. The van der Waals surface area contributed by atoms with Gasteiger partial charge in [0.05, 0.1) is 0 Å². The van der Waals surface area contributed by atoms with Gasteiger partial charge in [-0.05, 0) is 43.1 Å². The molecule has 0 bridgehead atoms. The number of aryl methyl sites for hydroxylation is 1. The zero-order chi connectivity index (χ0) is 13.7. The van der Waals surface area contributed by atoms with Crippen LogP contribution in [-0.4, -0.2) is 13.6 Å². The van der Waals surface area contributed by atoms with Crippen LogP contribution >= 0.6 is 0 Å². The fourth-order valence-electron chi connectivity index (χ4n) is 2.14. The van der Waals surface area contributed by atoms with Crippen molar-refractivity contribution < 1.29 is 0 Å². The van der Waals surface area contributed by atoms with Crippen LogP contribution in [0.1, 0.15) is 16.7 Å². The third kappa shape index (κ3) is 3.83. The molecule has 0 aliphatic heterocycles. The highest BCUT2D eigenvalue weighted by Gasteiger charge is 2.02. The van der Waals surface area contributed by atoms with E-state index in [0.29, 0.717) is 6.54 Å². The molecule has 2 N–H and O–H groups in total. The number of anilines is 1. The van der Waals surface area contributed by atoms with Crippen LogP contribution in [0.4, 0.5) is 5.69 Å². The van der Waals surface area contributed by atoms with Gasteiger partial charge in [-0.3, -0.25) is 0 Å². The van der Waals surface area contributed by atoms with Gasteiger partial charge in [0.25, 0.3) is 0 Å². The van der Waals surface area contributed by atoms with Gasteiger partial charge in [-0.25, -0.2) is 0 Å². The number of rotatable bonds is 5. The second-order valence-electron chi connectivity index (χ2n) is 5.05. The largest absolute Gasteiger partial charge is 0.370 e. The molecule has 0 unspecified atom stereocenters. The van der Waals surface area contributed by atoms with Gasteiger partial charge in [-0.1, -0.05) is 42.0 Å². The van der Waals surface area contributed by atoms with Gasteiger partial charge < -0.3 is 10.6 Å². The van der Waals surface area contributed by atoms with Crippen LogP contribution < -0.4 is 10.6 Å². The van der Waals surface area contributed by atoms with Crippen molar-refractivity contribution in [2.24, 2.45) is 5.73 Å². The molecule has 2 rings (SSSR count). The highest BCUT2D eigenvalue weighted by Crippen LogP contribution is 2.16. The molecule has 19 heavy (non-hydrogen) atoms. The zero-order valence-corrected chi connectivity index (χ0v) is 11.8. The third-order valence-electron chi connectivity index (χ3n) is 3.35. The average Bonchev–Trinajstić information content (AvgIpc) is 2.42. The van der Waals surface area contributed by atoms with E-state index in [1.807, 2.05) is 0 Å². The molecule has 0 heterocycles. The van der Waals surface area contributed by atoms with Gasteiger partial charge in [-0.15, -0.1) is 0 Å². The Labute approximate surface area is 115 Å². The minimum Gasteiger partial charge on any atom is -0.370 e. The molecule has 0 saturated carbocycles. The standard InChI is InChI=1S/C17H22N2/c1-14-3-9-17(10-4-14)19(2)13-16-7-5-15(6-8-16)11-12-18/h3-10H,11-13,18H2,1-2H3. The summed E-state index contributed by atoms with van der Waals surface area (Å²) in [6, 6.07) is 17.4. The Morgan fingerprint density at radius 2 is 1.47 bits per heavy atom. The zero-order valence-electron chi connectivity index (χ0n) is 11.8. The van der Waals surface area contributed by atoms with Crippen molar-refractivity contribution >= 4 is 5.69 Å². The molecular formula is C17H22N2. The first-order chi connectivity index (χ1) is 9.19. The SMILES string of the molecule is Cc1ccc(N(C)Cc2ccc(CCN)cc2)cc1. The Morgan fingerprint density at radius 3 is 2.05 bits per heavy atom. The second kappa shape index (κ2) is 6.39. The van der Waals surface area contributed by atoms with Gasteiger partial charge in [-0.2, -0.15) is 0 Å². The Hall–Kier alpha value is -1.80. The first kappa shape index (κ1) is 13.6. The maximum absolute atomic E-state index is 5.56. The summed E-state index contributed by atoms with van der Waals surface area (Å²) in [5.74, 6) is 0. The molecule has 0 aliphatic carbocycles. The van der Waals surface area contributed by atoms with Crippen LogP contribution in [0.2, 0.25) is 0 Å². The monoisotopic (exact) mass is 254 g/mol. The number of hydrogen-bond acceptors (Lipinski definition) is 2. The van der Waals surface area contributed by atoms with E-state index in [1.165, 1.54) is 22.4 Å². The summed E-state index contributed by atoms with van der Waals surface area (Å²) in [4.78, 5) is 2.26. The van der Waals surface area contributed by atoms with E-state index in [0.717, 1.165) is 13.0 Å². The van der Waals surface area contributed by atoms with E-state index < -0.39 is 0 Å². The van der Waals surface area contributed by atoms with Gasteiger partial charge in [0.15, 0.2) is 0 Å². The molecule has 0 aliphatic rings. The second-order valence-corrected chi connectivity index (χ2v) is 5.05. The predicted octanol–water partition coefficient (Wildman–Crippen LogP) is 3.13. The Kier molecular flexibility index (Phi) is 4.58. The minimum absolute atomic E-state index is 0.711. The Bertz CT molecular complexity index is 500. The fourth-order valence-corrected chi connectivity index (χ4v) is 2.14. The van der Waals surface area contributed by atoms with Crippen LogP contribution in [0.25, 0.3) is 0 Å². The molecule has 0 fully saturated rings. The minimum atomic E-state index is 0.711. The maximum Gasteiger partial charge on any atom is 0.0426 e. The molecule has 100 valence electrons. The summed E-state index contributed by atoms with van der Waals surface area (Å²) in [6.07, 6.45) is 0.952. The van der Waals surface area contributed by atoms with Crippen molar-refractivity contribution in [3.05, 3.63) is 65.2 Å². The van der Waals surface area contributed by atoms with E-state index in [2.05, 4.69) is 67.4 Å². The van der Waals surface area contributed by atoms with Crippen molar-refractivity contribution in [2.75, 3.05) is 18.5 Å². The normalized spacial score (nSPS) is 10.5. The van der Waals surface area contributed by atoms with Crippen molar-refractivity contribution in [2.45, 2.75) is 19.9 Å². The number of benzene rings is 2. The topological polar surface area (TPSA) is 29.3 Å². The average molecular weight is 254 g/mol. The summed E-state index contributed by atoms with van der Waals surface area (Å²) < 4.78 is 0. The van der Waals surface area contributed by atoms with Gasteiger partial charge >= 0.3 is 0 Å². The molecule has 0 aromatic heterocycles. The van der Waals surface area contributed by atoms with Crippen molar-refractivity contribution in [1.82, 2.24) is 0 Å². The lowest BCUT2D eigenvalue weighted by Gasteiger charge is -2.19. The number of nitrogens with zero attached hydrogens (tertiary/aromatic N) is 1. The summed E-state index contributed by atoms with van der Waals surface area (Å²) >= 11 is 0. The van der Waals surface area contributed by atoms with E-state index in [1.54, 1.807) is 0 Å². The lowest BCUT2D eigenvalue weighted by Crippen LogP contribution is -2.16. The van der Waals surface area contributed by atoms with E-state index in [4.69, 9.17) is 5.73 Å². The van der Waals surface area contributed by atoms with E-state index >= 15 is 0 Å². The first-order valence-corrected chi connectivity index (χ1v) is 6.75. The molecule has 0 amide bonds. The van der Waals surface area contributed by atoms with E-state index in [-0.39, 0.29) is 0 Å². The Balaban J connectivity index is 2.01. The van der Waals surface area contributed by atoms with Crippen LogP contribution in [0, 0.1) is 6.92 Å². The van der Waals surface area contributed by atoms with Crippen molar-refractivity contribution in [1.29, 1.82) is 0 Å². The predicted molar refractivity (Wildman–Crippen MR) is 82.5 cm³/mol. The highest BCUT2D eigenvalue weighted by atomic mass is 15.1. The molecule has 0 saturated heterocycles. The van der Waals surface area contributed by atoms with Crippen LogP contribution in [-0.2, 0) is 13.0 Å². The lowest BCUT2D eigenvalue weighted by atomic mass is 10.1. The van der Waals surface area contributed by atoms with Gasteiger partial charge in [0, 0.05) is 19.3 Å². The summed E-state index contributed by atoms with van der Waals surface area (Å²) in [7, 11) is 2.12. The molecular weight excluding hydrogens is 232 g/mol. The quantitative estimate of drug-likeness (QED) is 0.888. The van der Waals surface area contributed by atoms with Crippen molar-refractivity contribution in [3.63, 3.8) is 0 Å². The first-order valence-electron chi connectivity index (χ1n) is 6.75. The fraction of sp³-hybridized carbons (Fsp3) is 0.294. The molecule has 2 nitrogen and oxygen atoms in total. The molecule has 0 spiro atoms. The number of hydrogen-bond donors (Lipinski definition) is 1. The summed E-state index contributed by atoms with van der Waals surface area (Å²) in [6.45, 7) is 3.74. The maximum atomic E-state index is 5.56. The smallest absolute Gasteiger partial charge is 0.0426 e. The van der Waals surface area contributed by atoms with Gasteiger partial charge in [0.2, 0.25) is 0 Å². The summed E-state index contributed by atoms with van der Waals surface area (Å²) in [5, 5.41) is 0. The third-order valence-corrected chi connectivity index (χ3v) is 3.35. The highest BCUT2D eigenvalue weighted by molar-refractivity contribution is 5.47. The van der Waals surface area contributed by atoms with Crippen LogP contribution in [0.5, 0.6) is 0 Å². The molecule has 2 aromatic carbocycles. The number of nitrogens with two attached hydrogens (primary N) is 1. The summed E-state index contributed by atoms with van der Waals surface area (Å²) in [5.41, 5.74) is 10.7. The van der Waals surface area contributed by atoms with Crippen LogP contribution in [0.3, 0.4) is 0 Å². The molecule has 0 radical (unpaired) electrons. The van der Waals surface area contributed by atoms with E-state index in [9.17, 15) is 0 Å². The van der Waals surface area contributed by atoms with Crippen LogP contribution in [0.15, 0.2) is 48.5 Å².